The highest BCUT2D eigenvalue weighted by Crippen LogP contribution is 2.14. The van der Waals surface area contributed by atoms with E-state index in [-0.39, 0.29) is 23.1 Å². The molecule has 1 aliphatic rings. The highest BCUT2D eigenvalue weighted by molar-refractivity contribution is 5.95. The second-order valence-electron chi connectivity index (χ2n) is 5.01. The van der Waals surface area contributed by atoms with Crippen LogP contribution in [0, 0.1) is 5.82 Å². The van der Waals surface area contributed by atoms with Crippen molar-refractivity contribution < 1.29 is 14.0 Å². The zero-order chi connectivity index (χ0) is 15.4. The number of anilines is 1. The van der Waals surface area contributed by atoms with Gasteiger partial charge in [0.05, 0.1) is 6.54 Å². The number of likely N-dealkylation sites (N-methyl/N-ethyl adjacent to an activating group) is 1. The maximum absolute atomic E-state index is 13.3. The molecule has 2 amide bonds. The van der Waals surface area contributed by atoms with Crippen LogP contribution in [0.5, 0.6) is 0 Å². The quantitative estimate of drug-likeness (QED) is 0.764. The highest BCUT2D eigenvalue weighted by atomic mass is 19.1. The lowest BCUT2D eigenvalue weighted by molar-refractivity contribution is -0.122. The van der Waals surface area contributed by atoms with Crippen LogP contribution in [0.4, 0.5) is 10.1 Å². The lowest BCUT2D eigenvalue weighted by Crippen LogP contribution is -2.50. The zero-order valence-corrected chi connectivity index (χ0v) is 11.9. The molecule has 1 aromatic carbocycles. The summed E-state index contributed by atoms with van der Waals surface area (Å²) in [6.07, 6.45) is 0. The van der Waals surface area contributed by atoms with Crippen LogP contribution in [0.25, 0.3) is 0 Å². The lowest BCUT2D eigenvalue weighted by atomic mass is 10.1. The molecule has 0 saturated carbocycles. The van der Waals surface area contributed by atoms with Crippen LogP contribution in [-0.4, -0.2) is 61.4 Å². The Hall–Kier alpha value is -2.15. The molecule has 0 bridgehead atoms. The molecule has 0 aliphatic carbocycles. The molecule has 0 atom stereocenters. The van der Waals surface area contributed by atoms with E-state index in [0.717, 1.165) is 0 Å². The number of carbonyl (C=O) groups excluding carboxylic acids is 2. The molecular formula is C14H19FN4O2. The number of piperazine rings is 1. The van der Waals surface area contributed by atoms with Gasteiger partial charge in [-0.1, -0.05) is 0 Å². The Balaban J connectivity index is 1.95. The van der Waals surface area contributed by atoms with E-state index in [2.05, 4.69) is 5.32 Å². The van der Waals surface area contributed by atoms with Crippen molar-refractivity contribution in [1.29, 1.82) is 0 Å². The zero-order valence-electron chi connectivity index (χ0n) is 11.9. The van der Waals surface area contributed by atoms with Crippen molar-refractivity contribution in [3.8, 4) is 0 Å². The van der Waals surface area contributed by atoms with Gasteiger partial charge in [-0.25, -0.2) is 4.39 Å². The first-order chi connectivity index (χ1) is 9.99. The minimum Gasteiger partial charge on any atom is -0.399 e. The van der Waals surface area contributed by atoms with Gasteiger partial charge in [0.15, 0.2) is 0 Å². The van der Waals surface area contributed by atoms with Crippen LogP contribution < -0.4 is 11.1 Å². The van der Waals surface area contributed by atoms with Crippen molar-refractivity contribution in [3.05, 3.63) is 29.6 Å². The van der Waals surface area contributed by atoms with E-state index in [1.807, 2.05) is 4.90 Å². The summed E-state index contributed by atoms with van der Waals surface area (Å²) < 4.78 is 13.3. The normalized spacial score (nSPS) is 15.8. The fraction of sp³-hybridized carbons (Fsp3) is 0.429. The van der Waals surface area contributed by atoms with Crippen LogP contribution in [0.15, 0.2) is 18.2 Å². The molecule has 1 aromatic rings. The average Bonchev–Trinajstić information content (AvgIpc) is 2.46. The van der Waals surface area contributed by atoms with Crippen LogP contribution in [0.1, 0.15) is 10.4 Å². The van der Waals surface area contributed by atoms with Gasteiger partial charge in [0.2, 0.25) is 5.91 Å². The van der Waals surface area contributed by atoms with Gasteiger partial charge in [-0.2, -0.15) is 0 Å². The first kappa shape index (κ1) is 15.2. The molecule has 1 aliphatic heterocycles. The summed E-state index contributed by atoms with van der Waals surface area (Å²) in [6.45, 7) is 2.57. The monoisotopic (exact) mass is 294 g/mol. The minimum atomic E-state index is -0.517. The van der Waals surface area contributed by atoms with Crippen molar-refractivity contribution in [2.24, 2.45) is 0 Å². The van der Waals surface area contributed by atoms with E-state index in [4.69, 9.17) is 5.73 Å². The second-order valence-corrected chi connectivity index (χ2v) is 5.01. The molecule has 114 valence electrons. The van der Waals surface area contributed by atoms with Crippen LogP contribution >= 0.6 is 0 Å². The number of hydrogen-bond acceptors (Lipinski definition) is 4. The minimum absolute atomic E-state index is 0.0484. The fourth-order valence-corrected chi connectivity index (χ4v) is 2.31. The average molecular weight is 294 g/mol. The molecule has 0 spiro atoms. The van der Waals surface area contributed by atoms with Crippen molar-refractivity contribution in [2.75, 3.05) is 45.5 Å². The summed E-state index contributed by atoms with van der Waals surface area (Å²) in [4.78, 5) is 27.2. The first-order valence-electron chi connectivity index (χ1n) is 6.78. The van der Waals surface area contributed by atoms with E-state index in [1.54, 1.807) is 11.9 Å². The third kappa shape index (κ3) is 3.91. The van der Waals surface area contributed by atoms with Crippen molar-refractivity contribution in [3.63, 3.8) is 0 Å². The van der Waals surface area contributed by atoms with E-state index in [9.17, 15) is 14.0 Å². The number of carbonyl (C=O) groups is 2. The van der Waals surface area contributed by atoms with Gasteiger partial charge < -0.3 is 16.0 Å². The SMILES string of the molecule is CNC(=O)CN1CCN(C(=O)c2cc(N)cc(F)c2)CC1. The topological polar surface area (TPSA) is 78.7 Å². The number of nitrogen functional groups attached to an aromatic ring is 1. The third-order valence-corrected chi connectivity index (χ3v) is 3.47. The first-order valence-corrected chi connectivity index (χ1v) is 6.78. The number of nitrogens with two attached hydrogens (primary N) is 1. The lowest BCUT2D eigenvalue weighted by Gasteiger charge is -2.34. The van der Waals surface area contributed by atoms with Crippen LogP contribution in [0.3, 0.4) is 0 Å². The van der Waals surface area contributed by atoms with Gasteiger partial charge in [0, 0.05) is 44.5 Å². The van der Waals surface area contributed by atoms with Gasteiger partial charge in [0.1, 0.15) is 5.82 Å². The molecule has 1 heterocycles. The number of halogens is 1. The molecule has 7 heteroatoms. The molecule has 2 rings (SSSR count). The molecule has 3 N–H and O–H groups in total. The third-order valence-electron chi connectivity index (χ3n) is 3.47. The Morgan fingerprint density at radius 1 is 1.24 bits per heavy atom. The Labute approximate surface area is 122 Å². The van der Waals surface area contributed by atoms with E-state index in [0.29, 0.717) is 32.7 Å². The van der Waals surface area contributed by atoms with Crippen molar-refractivity contribution in [1.82, 2.24) is 15.1 Å². The summed E-state index contributed by atoms with van der Waals surface area (Å²) in [5.74, 6) is -0.801. The highest BCUT2D eigenvalue weighted by Gasteiger charge is 2.23. The standard InChI is InChI=1S/C14H19FN4O2/c1-17-13(20)9-18-2-4-19(5-3-18)14(21)10-6-11(15)8-12(16)7-10/h6-8H,2-5,9,16H2,1H3,(H,17,20). The summed E-state index contributed by atoms with van der Waals surface area (Å²) in [7, 11) is 1.59. The fourth-order valence-electron chi connectivity index (χ4n) is 2.31. The number of amides is 2. The van der Waals surface area contributed by atoms with Gasteiger partial charge in [-0.05, 0) is 18.2 Å². The van der Waals surface area contributed by atoms with Gasteiger partial charge >= 0.3 is 0 Å². The van der Waals surface area contributed by atoms with Crippen LogP contribution in [-0.2, 0) is 4.79 Å². The summed E-state index contributed by atoms with van der Waals surface area (Å²) >= 11 is 0. The van der Waals surface area contributed by atoms with Gasteiger partial charge in [0.25, 0.3) is 5.91 Å². The smallest absolute Gasteiger partial charge is 0.254 e. The molecule has 0 unspecified atom stereocenters. The largest absolute Gasteiger partial charge is 0.399 e. The molecule has 0 aromatic heterocycles. The Morgan fingerprint density at radius 3 is 2.48 bits per heavy atom. The van der Waals surface area contributed by atoms with Crippen LogP contribution in [0.2, 0.25) is 0 Å². The van der Waals surface area contributed by atoms with E-state index in [1.165, 1.54) is 18.2 Å². The van der Waals surface area contributed by atoms with E-state index < -0.39 is 5.82 Å². The Kier molecular flexibility index (Phi) is 4.74. The van der Waals surface area contributed by atoms with Crippen molar-refractivity contribution >= 4 is 17.5 Å². The Bertz CT molecular complexity index is 522. The molecule has 0 radical (unpaired) electrons. The number of nitrogens with zero attached hydrogens (tertiary/aromatic N) is 2. The Morgan fingerprint density at radius 2 is 1.90 bits per heavy atom. The summed E-state index contributed by atoms with van der Waals surface area (Å²) in [5.41, 5.74) is 6.05. The summed E-state index contributed by atoms with van der Waals surface area (Å²) in [6, 6.07) is 3.84. The van der Waals surface area contributed by atoms with E-state index >= 15 is 0 Å². The maximum atomic E-state index is 13.3. The molecule has 1 fully saturated rings. The molecule has 21 heavy (non-hydrogen) atoms. The number of hydrogen-bond donors (Lipinski definition) is 2. The predicted molar refractivity (Wildman–Crippen MR) is 77.2 cm³/mol. The molecule has 1 saturated heterocycles. The second kappa shape index (κ2) is 6.53. The predicted octanol–water partition coefficient (Wildman–Crippen LogP) is -0.0883. The number of benzene rings is 1. The number of nitrogens with one attached hydrogen (secondary N) is 1. The van der Waals surface area contributed by atoms with Gasteiger partial charge in [-0.3, -0.25) is 14.5 Å². The maximum Gasteiger partial charge on any atom is 0.254 e. The summed E-state index contributed by atoms with van der Waals surface area (Å²) in [5, 5.41) is 2.57. The number of rotatable bonds is 3. The van der Waals surface area contributed by atoms with Gasteiger partial charge in [-0.15, -0.1) is 0 Å². The molecular weight excluding hydrogens is 275 g/mol. The molecule has 6 nitrogen and oxygen atoms in total. The van der Waals surface area contributed by atoms with Crippen molar-refractivity contribution in [2.45, 2.75) is 0 Å².